The predicted octanol–water partition coefficient (Wildman–Crippen LogP) is 3.85. The summed E-state index contributed by atoms with van der Waals surface area (Å²) in [6.07, 6.45) is 0. The van der Waals surface area contributed by atoms with Crippen molar-refractivity contribution in [1.29, 1.82) is 0 Å². The summed E-state index contributed by atoms with van der Waals surface area (Å²) >= 11 is 0. The molecule has 27 heavy (non-hydrogen) atoms. The average molecular weight is 359 g/mol. The highest BCUT2D eigenvalue weighted by atomic mass is 15.3. The van der Waals surface area contributed by atoms with Crippen molar-refractivity contribution in [3.05, 3.63) is 78.1 Å². The fourth-order valence-electron chi connectivity index (χ4n) is 3.42. The number of aromatic nitrogens is 2. The van der Waals surface area contributed by atoms with Gasteiger partial charge in [0.1, 0.15) is 17.5 Å². The van der Waals surface area contributed by atoms with Crippen molar-refractivity contribution in [3.8, 4) is 0 Å². The molecule has 2 heterocycles. The number of hydrogen-bond donors (Lipinski definition) is 1. The molecule has 1 aliphatic heterocycles. The minimum absolute atomic E-state index is 0.789. The van der Waals surface area contributed by atoms with Crippen LogP contribution in [0.1, 0.15) is 11.4 Å². The topological polar surface area (TPSA) is 44.3 Å². The highest BCUT2D eigenvalue weighted by molar-refractivity contribution is 5.59. The summed E-state index contributed by atoms with van der Waals surface area (Å²) in [5.74, 6) is 2.63. The van der Waals surface area contributed by atoms with Gasteiger partial charge < -0.3 is 10.2 Å². The Morgan fingerprint density at radius 3 is 2.22 bits per heavy atom. The molecule has 1 fully saturated rings. The molecule has 1 aliphatic rings. The molecule has 1 saturated heterocycles. The van der Waals surface area contributed by atoms with Crippen LogP contribution < -0.4 is 10.2 Å². The summed E-state index contributed by atoms with van der Waals surface area (Å²) in [6, 6.07) is 22.9. The highest BCUT2D eigenvalue weighted by Gasteiger charge is 2.19. The minimum atomic E-state index is 0.789. The smallest absolute Gasteiger partial charge is 0.136 e. The monoisotopic (exact) mass is 359 g/mol. The van der Waals surface area contributed by atoms with Gasteiger partial charge in [0.05, 0.1) is 0 Å². The first-order valence-electron chi connectivity index (χ1n) is 9.45. The van der Waals surface area contributed by atoms with E-state index < -0.39 is 0 Å². The molecule has 0 saturated carbocycles. The van der Waals surface area contributed by atoms with E-state index in [1.807, 2.05) is 43.3 Å². The van der Waals surface area contributed by atoms with Gasteiger partial charge in [0, 0.05) is 44.5 Å². The molecule has 3 aromatic rings. The molecule has 0 spiro atoms. The van der Waals surface area contributed by atoms with E-state index in [-0.39, 0.29) is 0 Å². The maximum absolute atomic E-state index is 4.66. The molecule has 1 N–H and O–H groups in total. The standard InChI is InChI=1S/C22H25N5/c1-18-23-21(25-20-10-6-3-7-11-20)16-22(24-18)27-14-12-26(13-15-27)17-19-8-4-2-5-9-19/h2-11,16H,12-15,17H2,1H3,(H,23,24,25). The van der Waals surface area contributed by atoms with Gasteiger partial charge in [0.15, 0.2) is 0 Å². The molecule has 0 atom stereocenters. The third-order valence-corrected chi connectivity index (χ3v) is 4.82. The Morgan fingerprint density at radius 1 is 0.852 bits per heavy atom. The number of hydrogen-bond acceptors (Lipinski definition) is 5. The van der Waals surface area contributed by atoms with Crippen molar-refractivity contribution in [3.63, 3.8) is 0 Å². The zero-order valence-corrected chi connectivity index (χ0v) is 15.7. The van der Waals surface area contributed by atoms with E-state index in [1.54, 1.807) is 0 Å². The van der Waals surface area contributed by atoms with E-state index >= 15 is 0 Å². The summed E-state index contributed by atoms with van der Waals surface area (Å²) < 4.78 is 0. The lowest BCUT2D eigenvalue weighted by atomic mass is 10.2. The number of aryl methyl sites for hydroxylation is 1. The van der Waals surface area contributed by atoms with Crippen LogP contribution in [0.25, 0.3) is 0 Å². The van der Waals surface area contributed by atoms with Gasteiger partial charge in [0.2, 0.25) is 0 Å². The van der Waals surface area contributed by atoms with Crippen molar-refractivity contribution in [1.82, 2.24) is 14.9 Å². The second-order valence-corrected chi connectivity index (χ2v) is 6.90. The maximum Gasteiger partial charge on any atom is 0.136 e. The van der Waals surface area contributed by atoms with Crippen LogP contribution in [0.15, 0.2) is 66.7 Å². The zero-order chi connectivity index (χ0) is 18.5. The Bertz CT molecular complexity index is 858. The van der Waals surface area contributed by atoms with Crippen LogP contribution in [0.2, 0.25) is 0 Å². The lowest BCUT2D eigenvalue weighted by molar-refractivity contribution is 0.249. The maximum atomic E-state index is 4.66. The van der Waals surface area contributed by atoms with Crippen LogP contribution in [0.4, 0.5) is 17.3 Å². The molecule has 0 aliphatic carbocycles. The normalized spacial score (nSPS) is 14.9. The number of nitrogens with zero attached hydrogens (tertiary/aromatic N) is 4. The molecular weight excluding hydrogens is 334 g/mol. The van der Waals surface area contributed by atoms with Gasteiger partial charge in [-0.1, -0.05) is 48.5 Å². The molecule has 2 aromatic carbocycles. The van der Waals surface area contributed by atoms with Crippen molar-refractivity contribution in [2.75, 3.05) is 36.4 Å². The van der Waals surface area contributed by atoms with Gasteiger partial charge >= 0.3 is 0 Å². The van der Waals surface area contributed by atoms with Crippen LogP contribution >= 0.6 is 0 Å². The van der Waals surface area contributed by atoms with E-state index in [4.69, 9.17) is 0 Å². The largest absolute Gasteiger partial charge is 0.354 e. The minimum Gasteiger partial charge on any atom is -0.354 e. The number of para-hydroxylation sites is 1. The van der Waals surface area contributed by atoms with Gasteiger partial charge in [-0.15, -0.1) is 0 Å². The molecular formula is C22H25N5. The highest BCUT2D eigenvalue weighted by Crippen LogP contribution is 2.21. The van der Waals surface area contributed by atoms with Gasteiger partial charge in [-0.2, -0.15) is 0 Å². The van der Waals surface area contributed by atoms with Crippen molar-refractivity contribution in [2.24, 2.45) is 0 Å². The lowest BCUT2D eigenvalue weighted by Crippen LogP contribution is -2.46. The Balaban J connectivity index is 1.40. The summed E-state index contributed by atoms with van der Waals surface area (Å²) in [5.41, 5.74) is 2.41. The fraction of sp³-hybridized carbons (Fsp3) is 0.273. The second-order valence-electron chi connectivity index (χ2n) is 6.90. The Morgan fingerprint density at radius 2 is 1.52 bits per heavy atom. The van der Waals surface area contributed by atoms with E-state index in [2.05, 4.69) is 55.4 Å². The Kier molecular flexibility index (Phi) is 5.30. The first-order valence-corrected chi connectivity index (χ1v) is 9.45. The van der Waals surface area contributed by atoms with E-state index in [1.165, 1.54) is 5.56 Å². The lowest BCUT2D eigenvalue weighted by Gasteiger charge is -2.35. The first-order chi connectivity index (χ1) is 13.3. The molecule has 0 unspecified atom stereocenters. The predicted molar refractivity (Wildman–Crippen MR) is 110 cm³/mol. The molecule has 0 amide bonds. The quantitative estimate of drug-likeness (QED) is 0.750. The molecule has 5 heteroatoms. The van der Waals surface area contributed by atoms with Gasteiger partial charge in [-0.3, -0.25) is 4.90 Å². The number of benzene rings is 2. The van der Waals surface area contributed by atoms with Crippen molar-refractivity contribution in [2.45, 2.75) is 13.5 Å². The summed E-state index contributed by atoms with van der Waals surface area (Å²) in [4.78, 5) is 14.1. The Labute approximate surface area is 160 Å². The zero-order valence-electron chi connectivity index (χ0n) is 15.7. The molecule has 4 rings (SSSR count). The van der Waals surface area contributed by atoms with E-state index in [0.29, 0.717) is 0 Å². The average Bonchev–Trinajstić information content (AvgIpc) is 2.70. The Hall–Kier alpha value is -2.92. The number of anilines is 3. The number of rotatable bonds is 5. The summed E-state index contributed by atoms with van der Waals surface area (Å²) in [5, 5.41) is 3.38. The van der Waals surface area contributed by atoms with Gasteiger partial charge in [-0.25, -0.2) is 9.97 Å². The number of nitrogens with one attached hydrogen (secondary N) is 1. The van der Waals surface area contributed by atoms with Crippen molar-refractivity contribution >= 4 is 17.3 Å². The summed E-state index contributed by atoms with van der Waals surface area (Å²) in [7, 11) is 0. The van der Waals surface area contributed by atoms with E-state index in [9.17, 15) is 0 Å². The SMILES string of the molecule is Cc1nc(Nc2ccccc2)cc(N2CCN(Cc3ccccc3)CC2)n1. The van der Waals surface area contributed by atoms with Crippen molar-refractivity contribution < 1.29 is 0 Å². The fourth-order valence-corrected chi connectivity index (χ4v) is 3.42. The molecule has 0 radical (unpaired) electrons. The van der Waals surface area contributed by atoms with Gasteiger partial charge in [0.25, 0.3) is 0 Å². The van der Waals surface area contributed by atoms with Crippen LogP contribution in [0, 0.1) is 6.92 Å². The summed E-state index contributed by atoms with van der Waals surface area (Å²) in [6.45, 7) is 7.00. The second kappa shape index (κ2) is 8.18. The molecule has 0 bridgehead atoms. The first kappa shape index (κ1) is 17.5. The van der Waals surface area contributed by atoms with Crippen LogP contribution in [0.3, 0.4) is 0 Å². The molecule has 1 aromatic heterocycles. The van der Waals surface area contributed by atoms with Crippen LogP contribution in [-0.2, 0) is 6.54 Å². The number of piperazine rings is 1. The molecule has 138 valence electrons. The van der Waals surface area contributed by atoms with E-state index in [0.717, 1.165) is 55.9 Å². The third-order valence-electron chi connectivity index (χ3n) is 4.82. The van der Waals surface area contributed by atoms with Gasteiger partial charge in [-0.05, 0) is 24.6 Å². The van der Waals surface area contributed by atoms with Crippen LogP contribution in [0.5, 0.6) is 0 Å². The molecule has 5 nitrogen and oxygen atoms in total. The van der Waals surface area contributed by atoms with Crippen LogP contribution in [-0.4, -0.2) is 41.0 Å². The third kappa shape index (κ3) is 4.63.